The molecule has 10 heteroatoms. The van der Waals surface area contributed by atoms with Crippen molar-refractivity contribution in [2.24, 2.45) is 0 Å². The monoisotopic (exact) mass is 504 g/mol. The number of benzene rings is 2. The number of ether oxygens (including phenoxy) is 1. The van der Waals surface area contributed by atoms with Crippen LogP contribution >= 0.6 is 34.8 Å². The average Bonchev–Trinajstić information content (AvgIpc) is 2.72. The van der Waals surface area contributed by atoms with Gasteiger partial charge in [0.15, 0.2) is 6.61 Å². The summed E-state index contributed by atoms with van der Waals surface area (Å²) in [5.41, 5.74) is 0.720. The van der Waals surface area contributed by atoms with Crippen LogP contribution in [0.25, 0.3) is 0 Å². The van der Waals surface area contributed by atoms with Gasteiger partial charge in [0, 0.05) is 22.6 Å². The lowest BCUT2D eigenvalue weighted by molar-refractivity contribution is -0.123. The summed E-state index contributed by atoms with van der Waals surface area (Å²) in [6.07, 6.45) is 4.85. The minimum Gasteiger partial charge on any atom is -0.482 e. The maximum Gasteiger partial charge on any atom is 0.258 e. The van der Waals surface area contributed by atoms with Crippen molar-refractivity contribution in [2.75, 3.05) is 6.61 Å². The van der Waals surface area contributed by atoms with Crippen molar-refractivity contribution in [1.82, 2.24) is 10.0 Å². The van der Waals surface area contributed by atoms with Crippen LogP contribution in [-0.2, 0) is 21.4 Å². The fourth-order valence-electron chi connectivity index (χ4n) is 3.33. The molecule has 0 bridgehead atoms. The normalized spacial score (nSPS) is 14.9. The molecule has 1 saturated carbocycles. The van der Waals surface area contributed by atoms with Crippen LogP contribution in [0.3, 0.4) is 0 Å². The minimum atomic E-state index is -3.67. The van der Waals surface area contributed by atoms with E-state index in [0.29, 0.717) is 10.0 Å². The highest BCUT2D eigenvalue weighted by molar-refractivity contribution is 7.89. The molecule has 2 aromatic carbocycles. The molecule has 0 atom stereocenters. The molecule has 6 nitrogen and oxygen atoms in total. The van der Waals surface area contributed by atoms with Crippen molar-refractivity contribution < 1.29 is 17.9 Å². The van der Waals surface area contributed by atoms with Gasteiger partial charge in [0.25, 0.3) is 5.91 Å². The molecular formula is C21H23Cl3N2O4S. The topological polar surface area (TPSA) is 84.5 Å². The summed E-state index contributed by atoms with van der Waals surface area (Å²) in [5, 5.41) is 3.77. The Kier molecular flexibility index (Phi) is 8.47. The Hall–Kier alpha value is -1.51. The van der Waals surface area contributed by atoms with Gasteiger partial charge in [-0.25, -0.2) is 13.1 Å². The predicted octanol–water partition coefficient (Wildman–Crippen LogP) is 4.95. The highest BCUT2D eigenvalue weighted by atomic mass is 35.5. The SMILES string of the molecule is O=C(COc1ccc(S(=O)(=O)NC2CCCCC2)cc1Cl)NCc1ccc(Cl)cc1Cl. The first-order valence-corrected chi connectivity index (χ1v) is 12.5. The second-order valence-electron chi connectivity index (χ2n) is 7.35. The number of carbonyl (C=O) groups is 1. The number of sulfonamides is 1. The van der Waals surface area contributed by atoms with Gasteiger partial charge in [0.1, 0.15) is 5.75 Å². The number of carbonyl (C=O) groups excluding carboxylic acids is 1. The van der Waals surface area contributed by atoms with Crippen molar-refractivity contribution in [3.63, 3.8) is 0 Å². The Morgan fingerprint density at radius 2 is 1.74 bits per heavy atom. The van der Waals surface area contributed by atoms with Gasteiger partial charge in [-0.2, -0.15) is 0 Å². The lowest BCUT2D eigenvalue weighted by Crippen LogP contribution is -2.36. The molecule has 1 aliphatic carbocycles. The molecule has 1 amide bonds. The summed E-state index contributed by atoms with van der Waals surface area (Å²) < 4.78 is 33.4. The predicted molar refractivity (Wildman–Crippen MR) is 122 cm³/mol. The Morgan fingerprint density at radius 1 is 1.00 bits per heavy atom. The summed E-state index contributed by atoms with van der Waals surface area (Å²) >= 11 is 18.1. The zero-order valence-electron chi connectivity index (χ0n) is 16.7. The number of hydrogen-bond acceptors (Lipinski definition) is 4. The van der Waals surface area contributed by atoms with Crippen LogP contribution in [-0.4, -0.2) is 27.0 Å². The fourth-order valence-corrected chi connectivity index (χ4v) is 5.43. The molecule has 3 rings (SSSR count). The Bertz CT molecular complexity index is 1040. The van der Waals surface area contributed by atoms with E-state index >= 15 is 0 Å². The van der Waals surface area contributed by atoms with Gasteiger partial charge in [-0.15, -0.1) is 0 Å². The third-order valence-corrected chi connectivity index (χ3v) is 7.39. The van der Waals surface area contributed by atoms with Gasteiger partial charge < -0.3 is 10.1 Å². The van der Waals surface area contributed by atoms with Crippen LogP contribution in [0.1, 0.15) is 37.7 Å². The van der Waals surface area contributed by atoms with Gasteiger partial charge >= 0.3 is 0 Å². The van der Waals surface area contributed by atoms with Gasteiger partial charge in [-0.3, -0.25) is 4.79 Å². The van der Waals surface area contributed by atoms with Gasteiger partial charge in [0.2, 0.25) is 10.0 Å². The molecule has 1 aliphatic rings. The fraction of sp³-hybridized carbons (Fsp3) is 0.381. The molecule has 0 saturated heterocycles. The number of halogens is 3. The van der Waals surface area contributed by atoms with Crippen LogP contribution < -0.4 is 14.8 Å². The zero-order chi connectivity index (χ0) is 22.4. The van der Waals surface area contributed by atoms with Crippen molar-refractivity contribution in [3.8, 4) is 5.75 Å². The van der Waals surface area contributed by atoms with E-state index in [1.54, 1.807) is 18.2 Å². The summed E-state index contributed by atoms with van der Waals surface area (Å²) in [6, 6.07) is 9.14. The first-order chi connectivity index (χ1) is 14.7. The molecule has 0 heterocycles. The molecule has 0 spiro atoms. The van der Waals surface area contributed by atoms with Gasteiger partial charge in [-0.1, -0.05) is 60.1 Å². The second-order valence-corrected chi connectivity index (χ2v) is 10.3. The number of nitrogens with one attached hydrogen (secondary N) is 2. The highest BCUT2D eigenvalue weighted by Crippen LogP contribution is 2.28. The number of hydrogen-bond donors (Lipinski definition) is 2. The van der Waals surface area contributed by atoms with E-state index in [0.717, 1.165) is 37.7 Å². The Labute approximate surface area is 197 Å². The van der Waals surface area contributed by atoms with Crippen molar-refractivity contribution in [2.45, 2.75) is 49.6 Å². The van der Waals surface area contributed by atoms with Crippen LogP contribution in [0.15, 0.2) is 41.3 Å². The molecule has 0 unspecified atom stereocenters. The summed E-state index contributed by atoms with van der Waals surface area (Å²) in [7, 11) is -3.67. The van der Waals surface area contributed by atoms with E-state index < -0.39 is 10.0 Å². The molecule has 2 aromatic rings. The molecule has 1 fully saturated rings. The standard InChI is InChI=1S/C21H23Cl3N2O4S/c22-15-7-6-14(18(23)10-15)12-25-21(27)13-30-20-9-8-17(11-19(20)24)31(28,29)26-16-4-2-1-3-5-16/h6-11,16,26H,1-5,12-13H2,(H,25,27). The largest absolute Gasteiger partial charge is 0.482 e. The highest BCUT2D eigenvalue weighted by Gasteiger charge is 2.22. The molecule has 0 radical (unpaired) electrons. The first-order valence-electron chi connectivity index (χ1n) is 9.90. The van der Waals surface area contributed by atoms with Gasteiger partial charge in [0.05, 0.1) is 9.92 Å². The lowest BCUT2D eigenvalue weighted by atomic mass is 9.96. The van der Waals surface area contributed by atoms with Crippen LogP contribution in [0.4, 0.5) is 0 Å². The molecule has 168 valence electrons. The van der Waals surface area contributed by atoms with Crippen LogP contribution in [0.2, 0.25) is 15.1 Å². The lowest BCUT2D eigenvalue weighted by Gasteiger charge is -2.22. The zero-order valence-corrected chi connectivity index (χ0v) is 19.8. The van der Waals surface area contributed by atoms with Crippen LogP contribution in [0, 0.1) is 0 Å². The third-order valence-electron chi connectivity index (χ3n) is 4.99. The van der Waals surface area contributed by atoms with E-state index in [9.17, 15) is 13.2 Å². The quantitative estimate of drug-likeness (QED) is 0.531. The minimum absolute atomic E-state index is 0.0497. The number of rotatable bonds is 8. The van der Waals surface area contributed by atoms with Gasteiger partial charge in [-0.05, 0) is 48.7 Å². The average molecular weight is 506 g/mol. The van der Waals surface area contributed by atoms with E-state index in [1.165, 1.54) is 18.2 Å². The first kappa shape index (κ1) is 24.1. The van der Waals surface area contributed by atoms with E-state index in [1.807, 2.05) is 0 Å². The van der Waals surface area contributed by atoms with Crippen LogP contribution in [0.5, 0.6) is 5.75 Å². The maximum atomic E-state index is 12.6. The smallest absolute Gasteiger partial charge is 0.258 e. The second kappa shape index (κ2) is 10.9. The molecule has 0 aliphatic heterocycles. The third kappa shape index (κ3) is 6.99. The Balaban J connectivity index is 1.54. The summed E-state index contributed by atoms with van der Waals surface area (Å²) in [5.74, 6) is -0.157. The van der Waals surface area contributed by atoms with Crippen molar-refractivity contribution in [1.29, 1.82) is 0 Å². The maximum absolute atomic E-state index is 12.6. The molecule has 0 aromatic heterocycles. The van der Waals surface area contributed by atoms with Crippen molar-refractivity contribution in [3.05, 3.63) is 57.0 Å². The summed E-state index contributed by atoms with van der Waals surface area (Å²) in [4.78, 5) is 12.1. The number of amides is 1. The van der Waals surface area contributed by atoms with E-state index in [2.05, 4.69) is 10.0 Å². The van der Waals surface area contributed by atoms with Crippen molar-refractivity contribution >= 4 is 50.7 Å². The van der Waals surface area contributed by atoms with E-state index in [4.69, 9.17) is 39.5 Å². The summed E-state index contributed by atoms with van der Waals surface area (Å²) in [6.45, 7) is -0.0622. The molecular weight excluding hydrogens is 483 g/mol. The Morgan fingerprint density at radius 3 is 2.42 bits per heavy atom. The molecule has 31 heavy (non-hydrogen) atoms. The molecule has 2 N–H and O–H groups in total. The van der Waals surface area contributed by atoms with E-state index in [-0.39, 0.29) is 40.8 Å².